The molecule has 0 spiro atoms. The minimum Gasteiger partial charge on any atom is -0.442 e. The van der Waals surface area contributed by atoms with E-state index in [1.54, 1.807) is 22.9 Å². The van der Waals surface area contributed by atoms with Crippen molar-refractivity contribution in [2.24, 2.45) is 0 Å². The Morgan fingerprint density at radius 2 is 2.03 bits per heavy atom. The second kappa shape index (κ2) is 9.40. The molecule has 162 valence electrons. The van der Waals surface area contributed by atoms with Gasteiger partial charge in [-0.15, -0.1) is 11.8 Å². The van der Waals surface area contributed by atoms with Gasteiger partial charge in [0.05, 0.1) is 31.1 Å². The fraction of sp³-hybridized carbons (Fsp3) is 0.318. The molecule has 2 aliphatic rings. The summed E-state index contributed by atoms with van der Waals surface area (Å²) >= 11 is 1.45. The third kappa shape index (κ3) is 5.00. The van der Waals surface area contributed by atoms with Gasteiger partial charge in [0.1, 0.15) is 12.7 Å². The number of rotatable bonds is 7. The summed E-state index contributed by atoms with van der Waals surface area (Å²) in [5, 5.41) is 2.75. The smallest absolute Gasteiger partial charge is 0.414 e. The Balaban J connectivity index is 1.27. The van der Waals surface area contributed by atoms with Gasteiger partial charge in [-0.3, -0.25) is 14.5 Å². The molecule has 31 heavy (non-hydrogen) atoms. The largest absolute Gasteiger partial charge is 0.442 e. The van der Waals surface area contributed by atoms with E-state index >= 15 is 0 Å². The number of amides is 3. The molecular weight excluding hydrogens is 418 g/mol. The molecule has 0 aromatic heterocycles. The van der Waals surface area contributed by atoms with Gasteiger partial charge in [-0.05, 0) is 23.8 Å². The molecule has 1 fully saturated rings. The lowest BCUT2D eigenvalue weighted by Crippen LogP contribution is -2.36. The second-order valence-electron chi connectivity index (χ2n) is 7.29. The molecule has 1 saturated heterocycles. The monoisotopic (exact) mass is 441 g/mol. The summed E-state index contributed by atoms with van der Waals surface area (Å²) in [5.74, 6) is 0.163. The first-order chi connectivity index (χ1) is 15.0. The van der Waals surface area contributed by atoms with E-state index in [1.165, 1.54) is 11.8 Å². The number of ether oxygens (including phenoxy) is 2. The number of hydrogen-bond acceptors (Lipinski definition) is 6. The molecule has 0 saturated carbocycles. The molecule has 0 bridgehead atoms. The van der Waals surface area contributed by atoms with E-state index in [1.807, 2.05) is 42.5 Å². The van der Waals surface area contributed by atoms with Gasteiger partial charge in [0.25, 0.3) is 0 Å². The van der Waals surface area contributed by atoms with Gasteiger partial charge >= 0.3 is 6.09 Å². The van der Waals surface area contributed by atoms with Crippen LogP contribution in [0.2, 0.25) is 0 Å². The maximum Gasteiger partial charge on any atom is 0.414 e. The maximum absolute atomic E-state index is 12.3. The van der Waals surface area contributed by atoms with Crippen molar-refractivity contribution in [3.63, 3.8) is 0 Å². The van der Waals surface area contributed by atoms with Crippen LogP contribution in [0.3, 0.4) is 0 Å². The first kappa shape index (κ1) is 21.2. The summed E-state index contributed by atoms with van der Waals surface area (Å²) in [6.45, 7) is 0.847. The highest BCUT2D eigenvalue weighted by molar-refractivity contribution is 8.00. The highest BCUT2D eigenvalue weighted by atomic mass is 32.2. The Morgan fingerprint density at radius 3 is 2.84 bits per heavy atom. The number of nitrogens with zero attached hydrogens (tertiary/aromatic N) is 2. The highest BCUT2D eigenvalue weighted by Crippen LogP contribution is 2.38. The number of carbonyl (C=O) groups is 3. The van der Waals surface area contributed by atoms with E-state index in [4.69, 9.17) is 9.47 Å². The fourth-order valence-electron chi connectivity index (χ4n) is 3.39. The minimum atomic E-state index is -0.454. The molecule has 2 aliphatic heterocycles. The van der Waals surface area contributed by atoms with Crippen LogP contribution in [0.15, 0.2) is 53.4 Å². The number of hydrogen-bond donors (Lipinski definition) is 1. The van der Waals surface area contributed by atoms with Gasteiger partial charge in [0.15, 0.2) is 0 Å². The fourth-order valence-corrected chi connectivity index (χ4v) is 4.42. The summed E-state index contributed by atoms with van der Waals surface area (Å²) in [7, 11) is 1.74. The van der Waals surface area contributed by atoms with Crippen molar-refractivity contribution >= 4 is 41.0 Å². The van der Waals surface area contributed by atoms with Crippen molar-refractivity contribution in [3.05, 3.63) is 54.1 Å². The lowest BCUT2D eigenvalue weighted by atomic mass is 10.2. The quantitative estimate of drug-likeness (QED) is 0.710. The molecule has 0 aliphatic carbocycles. The molecule has 2 aromatic rings. The van der Waals surface area contributed by atoms with Crippen LogP contribution in [0, 0.1) is 0 Å². The Bertz CT molecular complexity index is 984. The van der Waals surface area contributed by atoms with Crippen molar-refractivity contribution in [3.8, 4) is 0 Å². The molecule has 9 heteroatoms. The summed E-state index contributed by atoms with van der Waals surface area (Å²) in [6.07, 6.45) is -0.900. The van der Waals surface area contributed by atoms with Gasteiger partial charge < -0.3 is 19.7 Å². The van der Waals surface area contributed by atoms with Crippen LogP contribution >= 0.6 is 11.8 Å². The third-order valence-electron chi connectivity index (χ3n) is 5.09. The summed E-state index contributed by atoms with van der Waals surface area (Å²) in [6, 6.07) is 15.1. The topological polar surface area (TPSA) is 88.2 Å². The number of benzene rings is 2. The second-order valence-corrected chi connectivity index (χ2v) is 8.31. The van der Waals surface area contributed by atoms with E-state index < -0.39 is 12.2 Å². The van der Waals surface area contributed by atoms with Gasteiger partial charge in [0.2, 0.25) is 11.8 Å². The predicted molar refractivity (Wildman–Crippen MR) is 117 cm³/mol. The Kier molecular flexibility index (Phi) is 6.43. The molecule has 3 amide bonds. The number of anilines is 2. The Morgan fingerprint density at radius 1 is 1.23 bits per heavy atom. The zero-order valence-corrected chi connectivity index (χ0v) is 17.9. The van der Waals surface area contributed by atoms with Crippen LogP contribution in [-0.4, -0.2) is 56.5 Å². The van der Waals surface area contributed by atoms with E-state index in [9.17, 15) is 14.4 Å². The molecule has 2 aromatic carbocycles. The lowest BCUT2D eigenvalue weighted by Gasteiger charge is -2.26. The van der Waals surface area contributed by atoms with Crippen molar-refractivity contribution in [1.82, 2.24) is 5.32 Å². The molecule has 1 atom stereocenters. The van der Waals surface area contributed by atoms with Crippen LogP contribution in [0.1, 0.15) is 5.56 Å². The van der Waals surface area contributed by atoms with Crippen molar-refractivity contribution < 1.29 is 23.9 Å². The average molecular weight is 442 g/mol. The van der Waals surface area contributed by atoms with E-state index in [0.717, 1.165) is 16.1 Å². The Hall–Kier alpha value is -3.04. The number of nitrogens with one attached hydrogen (secondary N) is 1. The van der Waals surface area contributed by atoms with Gasteiger partial charge in [-0.25, -0.2) is 4.79 Å². The normalized spacial score (nSPS) is 18.0. The third-order valence-corrected chi connectivity index (χ3v) is 6.12. The summed E-state index contributed by atoms with van der Waals surface area (Å²) < 4.78 is 10.8. The van der Waals surface area contributed by atoms with E-state index in [2.05, 4.69) is 5.32 Å². The van der Waals surface area contributed by atoms with Crippen LogP contribution in [0.4, 0.5) is 16.2 Å². The van der Waals surface area contributed by atoms with Gasteiger partial charge in [-0.1, -0.05) is 30.3 Å². The average Bonchev–Trinajstić information content (AvgIpc) is 3.16. The lowest BCUT2D eigenvalue weighted by molar-refractivity contribution is -0.126. The SMILES string of the molecule is CN1C(=O)CSc2cc(N3CC(CNC(=O)COCc4ccccc4)OC3=O)ccc21. The number of cyclic esters (lactones) is 1. The molecule has 1 unspecified atom stereocenters. The van der Waals surface area contributed by atoms with Crippen molar-refractivity contribution in [1.29, 1.82) is 0 Å². The molecule has 1 N–H and O–H groups in total. The number of carbonyl (C=O) groups excluding carboxylic acids is 3. The Labute approximate surface area is 184 Å². The highest BCUT2D eigenvalue weighted by Gasteiger charge is 2.33. The molecule has 0 radical (unpaired) electrons. The van der Waals surface area contributed by atoms with Crippen LogP contribution < -0.4 is 15.1 Å². The maximum atomic E-state index is 12.3. The number of fused-ring (bicyclic) bond motifs is 1. The van der Waals surface area contributed by atoms with Crippen molar-refractivity contribution in [2.75, 3.05) is 42.3 Å². The van der Waals surface area contributed by atoms with E-state index in [-0.39, 0.29) is 25.0 Å². The minimum absolute atomic E-state index is 0.0504. The zero-order valence-electron chi connectivity index (χ0n) is 17.1. The van der Waals surface area contributed by atoms with Gasteiger partial charge in [-0.2, -0.15) is 0 Å². The van der Waals surface area contributed by atoms with Gasteiger partial charge in [0, 0.05) is 17.6 Å². The number of thioether (sulfide) groups is 1. The molecule has 8 nitrogen and oxygen atoms in total. The molecule has 4 rings (SSSR count). The van der Waals surface area contributed by atoms with Crippen LogP contribution in [-0.2, 0) is 25.7 Å². The first-order valence-corrected chi connectivity index (χ1v) is 10.9. The standard InChI is InChI=1S/C22H23N3O5S/c1-24-18-8-7-16(9-19(18)31-14-21(24)27)25-11-17(30-22(25)28)10-23-20(26)13-29-12-15-5-3-2-4-6-15/h2-9,17H,10-14H2,1H3,(H,23,26). The van der Waals surface area contributed by atoms with Crippen molar-refractivity contribution in [2.45, 2.75) is 17.6 Å². The molecular formula is C22H23N3O5S. The van der Waals surface area contributed by atoms with Crippen LogP contribution in [0.5, 0.6) is 0 Å². The molecule has 2 heterocycles. The summed E-state index contributed by atoms with van der Waals surface area (Å²) in [4.78, 5) is 40.3. The zero-order chi connectivity index (χ0) is 21.8. The van der Waals surface area contributed by atoms with Crippen LogP contribution in [0.25, 0.3) is 0 Å². The summed E-state index contributed by atoms with van der Waals surface area (Å²) in [5.41, 5.74) is 2.53. The predicted octanol–water partition coefficient (Wildman–Crippen LogP) is 2.41. The first-order valence-electron chi connectivity index (χ1n) is 9.91. The van der Waals surface area contributed by atoms with E-state index in [0.29, 0.717) is 24.6 Å².